The van der Waals surface area contributed by atoms with Crippen LogP contribution in [0.1, 0.15) is 16.1 Å². The molecular formula is C15H12Cl3N4O+. The molecule has 0 unspecified atom stereocenters. The van der Waals surface area contributed by atoms with E-state index in [2.05, 4.69) is 15.5 Å². The van der Waals surface area contributed by atoms with Gasteiger partial charge in [0.05, 0.1) is 5.69 Å². The first-order chi connectivity index (χ1) is 11.0. The second kappa shape index (κ2) is 7.97. The maximum absolute atomic E-state index is 12.0. The third-order valence-electron chi connectivity index (χ3n) is 2.76. The number of hydrogen-bond donors (Lipinski definition) is 2. The highest BCUT2D eigenvalue weighted by atomic mass is 35.5. The van der Waals surface area contributed by atoms with E-state index in [9.17, 15) is 4.79 Å². The lowest BCUT2D eigenvalue weighted by Crippen LogP contribution is -2.28. The third-order valence-corrected chi connectivity index (χ3v) is 3.93. The fourth-order valence-corrected chi connectivity index (χ4v) is 2.25. The highest BCUT2D eigenvalue weighted by Crippen LogP contribution is 2.31. The van der Waals surface area contributed by atoms with Crippen LogP contribution in [0.25, 0.3) is 6.08 Å². The Morgan fingerprint density at radius 2 is 1.87 bits per heavy atom. The summed E-state index contributed by atoms with van der Waals surface area (Å²) in [4.78, 5) is 14.6. The predicted molar refractivity (Wildman–Crippen MR) is 93.9 cm³/mol. The van der Waals surface area contributed by atoms with Gasteiger partial charge in [0.1, 0.15) is 10.0 Å². The molecule has 0 saturated heterocycles. The molecule has 0 fully saturated rings. The number of H-pyrrole nitrogens is 1. The quantitative estimate of drug-likeness (QED) is 0.491. The second-order valence-corrected chi connectivity index (χ2v) is 5.48. The minimum absolute atomic E-state index is 0.0201. The molecule has 118 valence electrons. The van der Waals surface area contributed by atoms with Crippen molar-refractivity contribution in [3.8, 4) is 0 Å². The first kappa shape index (κ1) is 17.3. The SMILES string of the molecule is Nc1c(Cl)c(Cl)[nH+]c(C(=O)N/N=C\C=C\c2ccccc2)c1Cl. The van der Waals surface area contributed by atoms with Crippen molar-refractivity contribution in [2.24, 2.45) is 5.10 Å². The number of aromatic nitrogens is 1. The van der Waals surface area contributed by atoms with Gasteiger partial charge in [0.2, 0.25) is 0 Å². The van der Waals surface area contributed by atoms with E-state index in [1.165, 1.54) is 6.21 Å². The number of halogens is 3. The average Bonchev–Trinajstić information content (AvgIpc) is 2.56. The third kappa shape index (κ3) is 4.45. The minimum Gasteiger partial charge on any atom is -0.396 e. The largest absolute Gasteiger partial charge is 0.396 e. The van der Waals surface area contributed by atoms with Crippen LogP contribution in [0.15, 0.2) is 41.5 Å². The zero-order valence-corrected chi connectivity index (χ0v) is 14.0. The molecule has 1 amide bonds. The van der Waals surface area contributed by atoms with Crippen LogP contribution in [-0.2, 0) is 0 Å². The molecule has 1 aromatic carbocycles. The van der Waals surface area contributed by atoms with Crippen LogP contribution >= 0.6 is 34.8 Å². The van der Waals surface area contributed by atoms with Crippen molar-refractivity contribution in [1.82, 2.24) is 5.43 Å². The minimum atomic E-state index is -0.593. The summed E-state index contributed by atoms with van der Waals surface area (Å²) in [7, 11) is 0. The van der Waals surface area contributed by atoms with Gasteiger partial charge in [0.15, 0.2) is 0 Å². The number of rotatable bonds is 4. The highest BCUT2D eigenvalue weighted by molar-refractivity contribution is 6.45. The topological polar surface area (TPSA) is 81.6 Å². The van der Waals surface area contributed by atoms with Gasteiger partial charge in [-0.1, -0.05) is 59.6 Å². The van der Waals surface area contributed by atoms with E-state index in [-0.39, 0.29) is 26.6 Å². The van der Waals surface area contributed by atoms with Crippen molar-refractivity contribution in [3.63, 3.8) is 0 Å². The summed E-state index contributed by atoms with van der Waals surface area (Å²) < 4.78 is 0. The van der Waals surface area contributed by atoms with Gasteiger partial charge in [0, 0.05) is 6.21 Å². The Morgan fingerprint density at radius 1 is 1.17 bits per heavy atom. The van der Waals surface area contributed by atoms with Crippen molar-refractivity contribution >= 4 is 58.7 Å². The molecule has 0 atom stereocenters. The molecule has 0 saturated carbocycles. The van der Waals surface area contributed by atoms with E-state index in [1.807, 2.05) is 36.4 Å². The predicted octanol–water partition coefficient (Wildman–Crippen LogP) is 3.47. The number of pyridine rings is 1. The smallest absolute Gasteiger partial charge is 0.337 e. The van der Waals surface area contributed by atoms with Crippen molar-refractivity contribution in [3.05, 3.63) is 62.9 Å². The number of nitrogens with two attached hydrogens (primary N) is 1. The molecule has 0 bridgehead atoms. The van der Waals surface area contributed by atoms with Crippen LogP contribution in [-0.4, -0.2) is 12.1 Å². The Morgan fingerprint density at radius 3 is 2.57 bits per heavy atom. The number of allylic oxidation sites excluding steroid dienone is 1. The molecule has 5 nitrogen and oxygen atoms in total. The van der Waals surface area contributed by atoms with Crippen molar-refractivity contribution in [1.29, 1.82) is 0 Å². The number of hydrogen-bond acceptors (Lipinski definition) is 3. The lowest BCUT2D eigenvalue weighted by atomic mass is 10.2. The summed E-state index contributed by atoms with van der Waals surface area (Å²) in [5.41, 5.74) is 8.98. The molecule has 2 rings (SSSR count). The molecule has 2 aromatic rings. The first-order valence-corrected chi connectivity index (χ1v) is 7.54. The van der Waals surface area contributed by atoms with Gasteiger partial charge in [-0.25, -0.2) is 5.43 Å². The molecule has 23 heavy (non-hydrogen) atoms. The Hall–Kier alpha value is -2.08. The van der Waals surface area contributed by atoms with E-state index in [0.29, 0.717) is 0 Å². The van der Waals surface area contributed by atoms with E-state index >= 15 is 0 Å². The summed E-state index contributed by atoms with van der Waals surface area (Å²) in [6.07, 6.45) is 4.95. The first-order valence-electron chi connectivity index (χ1n) is 6.41. The van der Waals surface area contributed by atoms with Crippen LogP contribution in [0.3, 0.4) is 0 Å². The Balaban J connectivity index is 2.03. The van der Waals surface area contributed by atoms with Gasteiger partial charge in [-0.3, -0.25) is 4.79 Å². The van der Waals surface area contributed by atoms with E-state index < -0.39 is 5.91 Å². The highest BCUT2D eigenvalue weighted by Gasteiger charge is 2.25. The zero-order chi connectivity index (χ0) is 16.8. The molecule has 4 N–H and O–H groups in total. The normalized spacial score (nSPS) is 11.3. The number of amides is 1. The van der Waals surface area contributed by atoms with Gasteiger partial charge >= 0.3 is 5.91 Å². The maximum atomic E-state index is 12.0. The van der Waals surface area contributed by atoms with Crippen LogP contribution in [0.5, 0.6) is 0 Å². The fraction of sp³-hybridized carbons (Fsp3) is 0. The van der Waals surface area contributed by atoms with E-state index in [1.54, 1.807) is 6.08 Å². The van der Waals surface area contributed by atoms with Crippen LogP contribution in [0.4, 0.5) is 5.69 Å². The van der Waals surface area contributed by atoms with E-state index in [4.69, 9.17) is 40.5 Å². The standard InChI is InChI=1S/C15H11Cl3N4O/c16-10-12(19)11(17)14(18)21-13(10)15(23)22-20-8-4-7-9-5-2-1-3-6-9/h1-8H,(H2,19,21)(H,22,23)/p+1/b7-4+,20-8-. The fourth-order valence-electron chi connectivity index (χ4n) is 1.64. The van der Waals surface area contributed by atoms with Gasteiger partial charge in [-0.2, -0.15) is 10.1 Å². The van der Waals surface area contributed by atoms with Crippen molar-refractivity contribution in [2.45, 2.75) is 0 Å². The number of carbonyl (C=O) groups excluding carboxylic acids is 1. The summed E-state index contributed by atoms with van der Waals surface area (Å²) in [5.74, 6) is -0.593. The van der Waals surface area contributed by atoms with Crippen LogP contribution < -0.4 is 16.1 Å². The molecule has 1 aromatic heterocycles. The molecule has 1 heterocycles. The monoisotopic (exact) mass is 369 g/mol. The number of carbonyl (C=O) groups is 1. The van der Waals surface area contributed by atoms with Crippen LogP contribution in [0.2, 0.25) is 15.2 Å². The Labute approximate surface area is 147 Å². The molecule has 0 aliphatic rings. The number of nitrogens with zero attached hydrogens (tertiary/aromatic N) is 1. The molecule has 0 radical (unpaired) electrons. The maximum Gasteiger partial charge on any atom is 0.337 e. The summed E-state index contributed by atoms with van der Waals surface area (Å²) in [6.45, 7) is 0. The van der Waals surface area contributed by atoms with Gasteiger partial charge < -0.3 is 5.73 Å². The van der Waals surface area contributed by atoms with Gasteiger partial charge in [-0.05, 0) is 23.2 Å². The summed E-state index contributed by atoms with van der Waals surface area (Å²) >= 11 is 17.6. The lowest BCUT2D eigenvalue weighted by Gasteiger charge is -2.02. The van der Waals surface area contributed by atoms with Crippen molar-refractivity contribution < 1.29 is 9.78 Å². The van der Waals surface area contributed by atoms with Gasteiger partial charge in [-0.15, -0.1) is 0 Å². The number of aromatic amines is 1. The number of hydrazone groups is 1. The van der Waals surface area contributed by atoms with Crippen molar-refractivity contribution in [2.75, 3.05) is 5.73 Å². The number of nitrogens with one attached hydrogen (secondary N) is 2. The summed E-state index contributed by atoms with van der Waals surface area (Å²) in [6, 6.07) is 9.65. The molecule has 0 spiro atoms. The molecule has 0 aliphatic heterocycles. The number of anilines is 1. The Bertz CT molecular complexity index is 776. The number of benzene rings is 1. The van der Waals surface area contributed by atoms with E-state index in [0.717, 1.165) is 5.56 Å². The molecule has 0 aliphatic carbocycles. The second-order valence-electron chi connectivity index (χ2n) is 4.34. The average molecular weight is 371 g/mol. The summed E-state index contributed by atoms with van der Waals surface area (Å²) in [5, 5.41) is 3.84. The van der Waals surface area contributed by atoms with Gasteiger partial charge in [0.25, 0.3) is 10.8 Å². The number of nitrogen functional groups attached to an aromatic ring is 1. The molecular weight excluding hydrogens is 359 g/mol. The van der Waals surface area contributed by atoms with Crippen LogP contribution in [0, 0.1) is 0 Å². The lowest BCUT2D eigenvalue weighted by molar-refractivity contribution is -0.379. The molecule has 8 heteroatoms. The Kier molecular flexibility index (Phi) is 5.98. The zero-order valence-electron chi connectivity index (χ0n) is 11.7.